The molecule has 1 aromatic carbocycles. The molecule has 0 radical (unpaired) electrons. The van der Waals surface area contributed by atoms with E-state index in [1.807, 2.05) is 24.3 Å². The van der Waals surface area contributed by atoms with Crippen LogP contribution in [0.3, 0.4) is 0 Å². The first-order valence-electron chi connectivity index (χ1n) is 7.49. The van der Waals surface area contributed by atoms with E-state index in [2.05, 4.69) is 5.32 Å². The summed E-state index contributed by atoms with van der Waals surface area (Å²) in [6.45, 7) is 0.555. The minimum absolute atomic E-state index is 0.0161. The second kappa shape index (κ2) is 6.62. The van der Waals surface area contributed by atoms with Crippen LogP contribution in [0, 0.1) is 5.92 Å². The van der Waals surface area contributed by atoms with Crippen LogP contribution in [0.2, 0.25) is 0 Å². The van der Waals surface area contributed by atoms with Gasteiger partial charge in [0.15, 0.2) is 0 Å². The fourth-order valence-electron chi connectivity index (χ4n) is 2.72. The number of ether oxygens (including phenoxy) is 1. The normalized spacial score (nSPS) is 23.1. The summed E-state index contributed by atoms with van der Waals surface area (Å²) in [7, 11) is 1.62. The fraction of sp³-hybridized carbons (Fsp3) is 0.438. The van der Waals surface area contributed by atoms with Gasteiger partial charge >= 0.3 is 0 Å². The Hall–Kier alpha value is -2.02. The van der Waals surface area contributed by atoms with Crippen molar-refractivity contribution >= 4 is 28.8 Å². The summed E-state index contributed by atoms with van der Waals surface area (Å²) in [6.07, 6.45) is 0.829. The zero-order valence-corrected chi connectivity index (χ0v) is 13.6. The minimum Gasteiger partial charge on any atom is -0.497 e. The molecule has 1 aliphatic carbocycles. The minimum atomic E-state index is -0.230. The first-order valence-corrected chi connectivity index (χ1v) is 8.47. The van der Waals surface area contributed by atoms with Crippen LogP contribution in [0.15, 0.2) is 24.3 Å². The molecule has 3 amide bonds. The van der Waals surface area contributed by atoms with Crippen LogP contribution in [-0.2, 0) is 9.59 Å². The predicted molar refractivity (Wildman–Crippen MR) is 86.4 cm³/mol. The molecule has 0 spiro atoms. The number of thioether (sulfide) groups is 1. The summed E-state index contributed by atoms with van der Waals surface area (Å²) in [5, 5.41) is 2.59. The van der Waals surface area contributed by atoms with E-state index in [9.17, 15) is 14.4 Å². The number of carbonyl (C=O) groups excluding carboxylic acids is 3. The average Bonchev–Trinajstić information content (AvgIpc) is 3.31. The molecular formula is C16H18N2O4S. The highest BCUT2D eigenvalue weighted by atomic mass is 32.2. The molecule has 2 atom stereocenters. The van der Waals surface area contributed by atoms with Crippen molar-refractivity contribution < 1.29 is 19.1 Å². The monoisotopic (exact) mass is 334 g/mol. The highest BCUT2D eigenvalue weighted by molar-refractivity contribution is 8.14. The van der Waals surface area contributed by atoms with Gasteiger partial charge in [-0.25, -0.2) is 0 Å². The van der Waals surface area contributed by atoms with E-state index in [0.717, 1.165) is 29.5 Å². The van der Waals surface area contributed by atoms with Gasteiger partial charge < -0.3 is 10.1 Å². The first kappa shape index (κ1) is 15.9. The molecule has 122 valence electrons. The second-order valence-electron chi connectivity index (χ2n) is 5.61. The molecule has 7 heteroatoms. The SMILES string of the molecule is COc1ccc(C2CC2C(=O)NCCN2C(=O)CSC2=O)cc1. The Labute approximate surface area is 138 Å². The van der Waals surface area contributed by atoms with Gasteiger partial charge in [0.1, 0.15) is 5.75 Å². The number of benzene rings is 1. The van der Waals surface area contributed by atoms with Crippen LogP contribution in [0.5, 0.6) is 5.75 Å². The quantitative estimate of drug-likeness (QED) is 0.855. The third-order valence-electron chi connectivity index (χ3n) is 4.15. The molecule has 3 rings (SSSR count). The number of amides is 3. The smallest absolute Gasteiger partial charge is 0.288 e. The van der Waals surface area contributed by atoms with E-state index < -0.39 is 0 Å². The van der Waals surface area contributed by atoms with Gasteiger partial charge in [0.05, 0.1) is 12.9 Å². The summed E-state index contributed by atoms with van der Waals surface area (Å²) < 4.78 is 5.12. The van der Waals surface area contributed by atoms with Crippen molar-refractivity contribution in [3.05, 3.63) is 29.8 Å². The van der Waals surface area contributed by atoms with Crippen molar-refractivity contribution in [1.29, 1.82) is 0 Å². The number of carbonyl (C=O) groups is 3. The van der Waals surface area contributed by atoms with Crippen molar-refractivity contribution in [2.45, 2.75) is 12.3 Å². The van der Waals surface area contributed by atoms with Crippen LogP contribution in [0.25, 0.3) is 0 Å². The molecule has 1 aromatic rings. The molecular weight excluding hydrogens is 316 g/mol. The molecule has 1 saturated heterocycles. The van der Waals surface area contributed by atoms with Gasteiger partial charge in [-0.3, -0.25) is 19.3 Å². The van der Waals surface area contributed by atoms with E-state index in [-0.39, 0.29) is 41.2 Å². The van der Waals surface area contributed by atoms with Gasteiger partial charge in [-0.05, 0) is 30.0 Å². The lowest BCUT2D eigenvalue weighted by Gasteiger charge is -2.13. The Kier molecular flexibility index (Phi) is 4.56. The number of nitrogens with zero attached hydrogens (tertiary/aromatic N) is 1. The molecule has 0 bridgehead atoms. The maximum atomic E-state index is 12.1. The summed E-state index contributed by atoms with van der Waals surface area (Å²) in [4.78, 5) is 36.2. The molecule has 1 aliphatic heterocycles. The average molecular weight is 334 g/mol. The van der Waals surface area contributed by atoms with Gasteiger partial charge in [-0.1, -0.05) is 23.9 Å². The van der Waals surface area contributed by atoms with Crippen molar-refractivity contribution in [2.75, 3.05) is 26.0 Å². The molecule has 23 heavy (non-hydrogen) atoms. The number of hydrogen-bond acceptors (Lipinski definition) is 5. The predicted octanol–water partition coefficient (Wildman–Crippen LogP) is 1.61. The zero-order valence-electron chi connectivity index (χ0n) is 12.8. The Morgan fingerprint density at radius 3 is 2.70 bits per heavy atom. The molecule has 2 fully saturated rings. The summed E-state index contributed by atoms with van der Waals surface area (Å²) in [5.74, 6) is 1.02. The van der Waals surface area contributed by atoms with Crippen LogP contribution < -0.4 is 10.1 Å². The standard InChI is InChI=1S/C16H18N2O4S/c1-22-11-4-2-10(3-5-11)12-8-13(12)15(20)17-6-7-18-14(19)9-23-16(18)21/h2-5,12-13H,6-9H2,1H3,(H,17,20). The molecule has 1 heterocycles. The lowest BCUT2D eigenvalue weighted by molar-refractivity contribution is -0.126. The fourth-order valence-corrected chi connectivity index (χ4v) is 3.48. The number of methoxy groups -OCH3 is 1. The molecule has 2 unspecified atom stereocenters. The van der Waals surface area contributed by atoms with Gasteiger partial charge in [0.25, 0.3) is 5.24 Å². The maximum absolute atomic E-state index is 12.1. The van der Waals surface area contributed by atoms with E-state index in [1.54, 1.807) is 7.11 Å². The Morgan fingerprint density at radius 1 is 1.35 bits per heavy atom. The topological polar surface area (TPSA) is 75.7 Å². The Balaban J connectivity index is 1.45. The lowest BCUT2D eigenvalue weighted by atomic mass is 10.1. The van der Waals surface area contributed by atoms with Gasteiger partial charge in [-0.2, -0.15) is 0 Å². The van der Waals surface area contributed by atoms with Crippen LogP contribution >= 0.6 is 11.8 Å². The largest absolute Gasteiger partial charge is 0.497 e. The lowest BCUT2D eigenvalue weighted by Crippen LogP contribution is -2.38. The molecule has 1 N–H and O–H groups in total. The first-order chi connectivity index (χ1) is 11.1. The van der Waals surface area contributed by atoms with Crippen molar-refractivity contribution in [1.82, 2.24) is 10.2 Å². The highest BCUT2D eigenvalue weighted by Crippen LogP contribution is 2.47. The summed E-state index contributed by atoms with van der Waals surface area (Å²) in [5.41, 5.74) is 1.13. The number of imide groups is 1. The molecule has 6 nitrogen and oxygen atoms in total. The second-order valence-corrected chi connectivity index (χ2v) is 6.54. The summed E-state index contributed by atoms with van der Waals surface area (Å²) in [6, 6.07) is 7.75. The number of hydrogen-bond donors (Lipinski definition) is 1. The van der Waals surface area contributed by atoms with E-state index in [1.165, 1.54) is 4.90 Å². The molecule has 0 aromatic heterocycles. The third-order valence-corrected chi connectivity index (χ3v) is 5.00. The van der Waals surface area contributed by atoms with Gasteiger partial charge in [0, 0.05) is 19.0 Å². The van der Waals surface area contributed by atoms with Gasteiger partial charge in [0.2, 0.25) is 11.8 Å². The van der Waals surface area contributed by atoms with Crippen molar-refractivity contribution in [2.24, 2.45) is 5.92 Å². The zero-order chi connectivity index (χ0) is 16.4. The van der Waals surface area contributed by atoms with Crippen molar-refractivity contribution in [3.63, 3.8) is 0 Å². The Bertz CT molecular complexity index is 615. The van der Waals surface area contributed by atoms with E-state index >= 15 is 0 Å². The van der Waals surface area contributed by atoms with Crippen LogP contribution in [-0.4, -0.2) is 47.9 Å². The van der Waals surface area contributed by atoms with Crippen molar-refractivity contribution in [3.8, 4) is 5.75 Å². The van der Waals surface area contributed by atoms with Gasteiger partial charge in [-0.15, -0.1) is 0 Å². The van der Waals surface area contributed by atoms with Crippen LogP contribution in [0.1, 0.15) is 17.9 Å². The molecule has 1 saturated carbocycles. The Morgan fingerprint density at radius 2 is 2.09 bits per heavy atom. The third kappa shape index (κ3) is 3.50. The van der Waals surface area contributed by atoms with E-state index in [0.29, 0.717) is 6.54 Å². The summed E-state index contributed by atoms with van der Waals surface area (Å²) >= 11 is 1.01. The van der Waals surface area contributed by atoms with E-state index in [4.69, 9.17) is 4.74 Å². The number of rotatable bonds is 6. The highest BCUT2D eigenvalue weighted by Gasteiger charge is 2.43. The maximum Gasteiger partial charge on any atom is 0.288 e. The number of nitrogens with one attached hydrogen (secondary N) is 1. The molecule has 2 aliphatic rings. The van der Waals surface area contributed by atoms with Crippen LogP contribution in [0.4, 0.5) is 4.79 Å².